The molecule has 0 aromatic rings. The maximum Gasteiger partial charge on any atom is 0.0357 e. The fourth-order valence-electron chi connectivity index (χ4n) is 1.05. The zero-order valence-electron chi connectivity index (χ0n) is 12.5. The number of allylic oxidation sites excluding steroid dienone is 5. The van der Waals surface area contributed by atoms with Crippen LogP contribution in [0.2, 0.25) is 0 Å². The Hall–Kier alpha value is -1.11. The van der Waals surface area contributed by atoms with E-state index in [1.165, 1.54) is 16.7 Å². The summed E-state index contributed by atoms with van der Waals surface area (Å²) in [4.78, 5) is 4.39. The van der Waals surface area contributed by atoms with Crippen molar-refractivity contribution in [1.29, 1.82) is 0 Å². The van der Waals surface area contributed by atoms with Crippen molar-refractivity contribution in [2.24, 2.45) is 16.8 Å². The van der Waals surface area contributed by atoms with E-state index in [9.17, 15) is 0 Å². The molecule has 0 fully saturated rings. The lowest BCUT2D eigenvalue weighted by molar-refractivity contribution is 0.763. The molecular weight excluding hydrogens is 206 g/mol. The van der Waals surface area contributed by atoms with Crippen molar-refractivity contribution in [2.75, 3.05) is 0 Å². The molecule has 0 rings (SSSR count). The highest BCUT2D eigenvalue weighted by Crippen LogP contribution is 2.14. The highest BCUT2D eigenvalue weighted by atomic mass is 14.7. The molecule has 0 aromatic carbocycles. The summed E-state index contributed by atoms with van der Waals surface area (Å²) in [5.41, 5.74) is 4.81. The molecule has 0 saturated heterocycles. The molecule has 0 aromatic heterocycles. The molecule has 0 aliphatic rings. The van der Waals surface area contributed by atoms with E-state index in [1.54, 1.807) is 0 Å². The fourth-order valence-corrected chi connectivity index (χ4v) is 1.05. The molecule has 0 bridgehead atoms. The molecule has 0 unspecified atom stereocenters. The minimum absolute atomic E-state index is 0.410. The minimum atomic E-state index is 0.410. The second-order valence-electron chi connectivity index (χ2n) is 5.31. The molecule has 0 amide bonds. The second-order valence-corrected chi connectivity index (χ2v) is 5.31. The van der Waals surface area contributed by atoms with E-state index < -0.39 is 0 Å². The van der Waals surface area contributed by atoms with E-state index in [0.29, 0.717) is 11.8 Å². The van der Waals surface area contributed by atoms with Gasteiger partial charge in [-0.15, -0.1) is 0 Å². The average molecular weight is 233 g/mol. The normalized spacial score (nSPS) is 14.8. The third-order valence-corrected chi connectivity index (χ3v) is 3.07. The van der Waals surface area contributed by atoms with Crippen LogP contribution in [0, 0.1) is 11.8 Å². The van der Waals surface area contributed by atoms with Crippen LogP contribution in [-0.2, 0) is 0 Å². The van der Waals surface area contributed by atoms with Gasteiger partial charge in [-0.25, -0.2) is 0 Å². The highest BCUT2D eigenvalue weighted by molar-refractivity contribution is 5.80. The molecule has 17 heavy (non-hydrogen) atoms. The Morgan fingerprint density at radius 3 is 1.88 bits per heavy atom. The van der Waals surface area contributed by atoms with E-state index in [-0.39, 0.29) is 0 Å². The Morgan fingerprint density at radius 1 is 0.941 bits per heavy atom. The van der Waals surface area contributed by atoms with Gasteiger partial charge < -0.3 is 0 Å². The molecule has 1 heteroatoms. The number of aliphatic imine (C=N–C) groups is 1. The molecule has 0 atom stereocenters. The van der Waals surface area contributed by atoms with Gasteiger partial charge >= 0.3 is 0 Å². The molecule has 1 nitrogen and oxygen atoms in total. The predicted octanol–water partition coefficient (Wildman–Crippen LogP) is 5.17. The Morgan fingerprint density at radius 2 is 1.47 bits per heavy atom. The average Bonchev–Trinajstić information content (AvgIpc) is 2.24. The summed E-state index contributed by atoms with van der Waals surface area (Å²) >= 11 is 0. The predicted molar refractivity (Wildman–Crippen MR) is 79.4 cm³/mol. The van der Waals surface area contributed by atoms with Gasteiger partial charge in [-0.05, 0) is 43.8 Å². The standard InChI is InChI=1S/C16H27N/c1-11(2)13(5)9-14(6)15(7)10-17-16(8)12(3)4/h9-12H,8H2,1-7H3/b13-9+,15-14+,17-10-. The summed E-state index contributed by atoms with van der Waals surface area (Å²) < 4.78 is 0. The van der Waals surface area contributed by atoms with Gasteiger partial charge in [-0.2, -0.15) is 0 Å². The summed E-state index contributed by atoms with van der Waals surface area (Å²) in [6, 6.07) is 0. The smallest absolute Gasteiger partial charge is 0.0357 e. The maximum atomic E-state index is 4.39. The second kappa shape index (κ2) is 7.26. The molecular formula is C16H27N. The number of hydrogen-bond acceptors (Lipinski definition) is 1. The van der Waals surface area contributed by atoms with Crippen molar-refractivity contribution >= 4 is 6.21 Å². The van der Waals surface area contributed by atoms with E-state index in [2.05, 4.69) is 66.1 Å². The molecule has 0 N–H and O–H groups in total. The van der Waals surface area contributed by atoms with Crippen molar-refractivity contribution in [3.8, 4) is 0 Å². The summed E-state index contributed by atoms with van der Waals surface area (Å²) in [7, 11) is 0. The Kier molecular flexibility index (Phi) is 6.79. The van der Waals surface area contributed by atoms with Crippen molar-refractivity contribution in [3.63, 3.8) is 0 Å². The van der Waals surface area contributed by atoms with Gasteiger partial charge in [-0.1, -0.05) is 45.9 Å². The lowest BCUT2D eigenvalue weighted by Crippen LogP contribution is -1.93. The van der Waals surface area contributed by atoms with Gasteiger partial charge in [0.1, 0.15) is 0 Å². The number of nitrogens with zero attached hydrogens (tertiary/aromatic N) is 1. The SMILES string of the molecule is C=C(\N=C/C(C)=C(C)/C=C(\C)C(C)C)C(C)C. The highest BCUT2D eigenvalue weighted by Gasteiger charge is 1.99. The summed E-state index contributed by atoms with van der Waals surface area (Å²) in [6.07, 6.45) is 4.16. The summed E-state index contributed by atoms with van der Waals surface area (Å²) in [5.74, 6) is 1.01. The van der Waals surface area contributed by atoms with Crippen molar-refractivity contribution in [2.45, 2.75) is 48.5 Å². The van der Waals surface area contributed by atoms with Crippen LogP contribution >= 0.6 is 0 Å². The third kappa shape index (κ3) is 6.25. The van der Waals surface area contributed by atoms with E-state index in [1.807, 2.05) is 6.21 Å². The van der Waals surface area contributed by atoms with Crippen LogP contribution in [0.4, 0.5) is 0 Å². The first-order chi connectivity index (χ1) is 7.75. The van der Waals surface area contributed by atoms with E-state index in [4.69, 9.17) is 0 Å². The van der Waals surface area contributed by atoms with E-state index >= 15 is 0 Å². The molecule has 0 aliphatic carbocycles. The van der Waals surface area contributed by atoms with Gasteiger partial charge in [-0.3, -0.25) is 4.99 Å². The molecule has 96 valence electrons. The lowest BCUT2D eigenvalue weighted by Gasteiger charge is -2.07. The lowest BCUT2D eigenvalue weighted by atomic mass is 10.0. The molecule has 0 saturated carbocycles. The molecule has 0 heterocycles. The van der Waals surface area contributed by atoms with Gasteiger partial charge in [0, 0.05) is 11.9 Å². The molecule has 0 spiro atoms. The summed E-state index contributed by atoms with van der Waals surface area (Å²) in [5, 5.41) is 0. The molecule has 0 radical (unpaired) electrons. The fraction of sp³-hybridized carbons (Fsp3) is 0.562. The maximum absolute atomic E-state index is 4.39. The van der Waals surface area contributed by atoms with Crippen LogP contribution < -0.4 is 0 Å². The van der Waals surface area contributed by atoms with Crippen molar-refractivity contribution < 1.29 is 0 Å². The Labute approximate surface area is 107 Å². The largest absolute Gasteiger partial charge is 0.261 e. The first-order valence-electron chi connectivity index (χ1n) is 6.34. The third-order valence-electron chi connectivity index (χ3n) is 3.07. The van der Waals surface area contributed by atoms with Crippen LogP contribution in [-0.4, -0.2) is 6.21 Å². The van der Waals surface area contributed by atoms with Gasteiger partial charge in [0.2, 0.25) is 0 Å². The quantitative estimate of drug-likeness (QED) is 0.459. The van der Waals surface area contributed by atoms with Gasteiger partial charge in [0.05, 0.1) is 0 Å². The Balaban J connectivity index is 4.84. The van der Waals surface area contributed by atoms with Crippen LogP contribution in [0.15, 0.2) is 40.1 Å². The minimum Gasteiger partial charge on any atom is -0.261 e. The number of rotatable bonds is 5. The van der Waals surface area contributed by atoms with Gasteiger partial charge in [0.15, 0.2) is 0 Å². The van der Waals surface area contributed by atoms with E-state index in [0.717, 1.165) is 5.70 Å². The van der Waals surface area contributed by atoms with Crippen LogP contribution in [0.5, 0.6) is 0 Å². The monoisotopic (exact) mass is 233 g/mol. The van der Waals surface area contributed by atoms with Crippen LogP contribution in [0.3, 0.4) is 0 Å². The number of hydrogen-bond donors (Lipinski definition) is 0. The first kappa shape index (κ1) is 15.9. The van der Waals surface area contributed by atoms with Crippen LogP contribution in [0.25, 0.3) is 0 Å². The van der Waals surface area contributed by atoms with Gasteiger partial charge in [0.25, 0.3) is 0 Å². The first-order valence-corrected chi connectivity index (χ1v) is 6.34. The van der Waals surface area contributed by atoms with Crippen molar-refractivity contribution in [3.05, 3.63) is 35.1 Å². The van der Waals surface area contributed by atoms with Crippen LogP contribution in [0.1, 0.15) is 48.5 Å². The summed E-state index contributed by atoms with van der Waals surface area (Å²) in [6.45, 7) is 19.0. The zero-order valence-corrected chi connectivity index (χ0v) is 12.5. The topological polar surface area (TPSA) is 12.4 Å². The van der Waals surface area contributed by atoms with Crippen molar-refractivity contribution in [1.82, 2.24) is 0 Å². The zero-order chi connectivity index (χ0) is 13.6. The Bertz CT molecular complexity index is 352. The molecule has 0 aliphatic heterocycles.